The highest BCUT2D eigenvalue weighted by atomic mass is 16.7. The summed E-state index contributed by atoms with van der Waals surface area (Å²) in [7, 11) is 0. The van der Waals surface area contributed by atoms with Gasteiger partial charge in [-0.25, -0.2) is 9.69 Å². The summed E-state index contributed by atoms with van der Waals surface area (Å²) < 4.78 is 10.7. The highest BCUT2D eigenvalue weighted by Gasteiger charge is 2.38. The molecule has 2 aromatic rings. The SMILES string of the molecule is CCN1c2ccc(/C=C3/C(=O)NC(=O)N(c4ccc5c(c4)OCO5)C3=O)cc2C(C)CC1(C)C. The third-order valence-corrected chi connectivity index (χ3v) is 6.75. The van der Waals surface area contributed by atoms with Crippen molar-refractivity contribution in [2.45, 2.75) is 45.6 Å². The number of ether oxygens (including phenoxy) is 2. The Kier molecular flexibility index (Phi) is 5.11. The zero-order chi connectivity index (χ0) is 24.2. The molecule has 5 rings (SSSR count). The van der Waals surface area contributed by atoms with Crippen molar-refractivity contribution in [3.63, 3.8) is 0 Å². The fourth-order valence-electron chi connectivity index (χ4n) is 5.28. The summed E-state index contributed by atoms with van der Waals surface area (Å²) in [5.74, 6) is -0.0990. The molecule has 34 heavy (non-hydrogen) atoms. The van der Waals surface area contributed by atoms with Crippen molar-refractivity contribution in [2.24, 2.45) is 0 Å². The molecule has 2 aromatic carbocycles. The average molecular weight is 462 g/mol. The molecule has 1 atom stereocenters. The molecule has 0 spiro atoms. The zero-order valence-electron chi connectivity index (χ0n) is 19.7. The first-order valence-corrected chi connectivity index (χ1v) is 11.4. The van der Waals surface area contributed by atoms with Gasteiger partial charge in [0.05, 0.1) is 5.69 Å². The summed E-state index contributed by atoms with van der Waals surface area (Å²) in [6.45, 7) is 9.80. The molecule has 8 nitrogen and oxygen atoms in total. The molecule has 1 saturated heterocycles. The smallest absolute Gasteiger partial charge is 0.335 e. The summed E-state index contributed by atoms with van der Waals surface area (Å²) >= 11 is 0. The number of nitrogens with one attached hydrogen (secondary N) is 1. The van der Waals surface area contributed by atoms with Crippen molar-refractivity contribution in [1.82, 2.24) is 5.32 Å². The molecule has 0 bridgehead atoms. The van der Waals surface area contributed by atoms with E-state index >= 15 is 0 Å². The van der Waals surface area contributed by atoms with Crippen molar-refractivity contribution >= 4 is 35.3 Å². The molecule has 0 radical (unpaired) electrons. The first kappa shape index (κ1) is 22.0. The Morgan fingerprint density at radius 3 is 2.62 bits per heavy atom. The number of urea groups is 1. The van der Waals surface area contributed by atoms with Crippen LogP contribution in [0.5, 0.6) is 11.5 Å². The van der Waals surface area contributed by atoms with E-state index in [1.807, 2.05) is 12.1 Å². The average Bonchev–Trinajstić information content (AvgIpc) is 3.24. The quantitative estimate of drug-likeness (QED) is 0.545. The maximum Gasteiger partial charge on any atom is 0.335 e. The molecule has 0 saturated carbocycles. The minimum Gasteiger partial charge on any atom is -0.454 e. The van der Waals surface area contributed by atoms with E-state index in [2.05, 4.69) is 44.0 Å². The van der Waals surface area contributed by atoms with Crippen molar-refractivity contribution in [1.29, 1.82) is 0 Å². The number of fused-ring (bicyclic) bond motifs is 2. The topological polar surface area (TPSA) is 88.2 Å². The van der Waals surface area contributed by atoms with Gasteiger partial charge in [-0.3, -0.25) is 14.9 Å². The first-order valence-electron chi connectivity index (χ1n) is 11.4. The molecule has 176 valence electrons. The lowest BCUT2D eigenvalue weighted by atomic mass is 9.79. The number of imide groups is 2. The monoisotopic (exact) mass is 461 g/mol. The maximum absolute atomic E-state index is 13.3. The number of carbonyl (C=O) groups is 3. The van der Waals surface area contributed by atoms with Gasteiger partial charge in [0.1, 0.15) is 5.57 Å². The molecule has 3 aliphatic heterocycles. The lowest BCUT2D eigenvalue weighted by molar-refractivity contribution is -0.122. The van der Waals surface area contributed by atoms with Crippen LogP contribution in [0.1, 0.15) is 51.2 Å². The van der Waals surface area contributed by atoms with E-state index in [1.165, 1.54) is 11.3 Å². The zero-order valence-corrected chi connectivity index (χ0v) is 19.7. The third-order valence-electron chi connectivity index (χ3n) is 6.75. The molecule has 4 amide bonds. The Bertz CT molecular complexity index is 1250. The van der Waals surface area contributed by atoms with Gasteiger partial charge in [0.2, 0.25) is 6.79 Å². The number of rotatable bonds is 3. The number of carbonyl (C=O) groups excluding carboxylic acids is 3. The number of barbiturate groups is 1. The van der Waals surface area contributed by atoms with E-state index in [9.17, 15) is 14.4 Å². The minimum absolute atomic E-state index is 0.0475. The van der Waals surface area contributed by atoms with Crippen LogP contribution < -0.4 is 24.6 Å². The molecular formula is C26H27N3O5. The Hall–Kier alpha value is -3.81. The summed E-state index contributed by atoms with van der Waals surface area (Å²) in [4.78, 5) is 41.8. The minimum atomic E-state index is -0.800. The normalized spacial score (nSPS) is 22.2. The Morgan fingerprint density at radius 1 is 1.09 bits per heavy atom. The molecule has 8 heteroatoms. The van der Waals surface area contributed by atoms with Crippen molar-refractivity contribution < 1.29 is 23.9 Å². The van der Waals surface area contributed by atoms with Crippen molar-refractivity contribution in [3.05, 3.63) is 53.1 Å². The summed E-state index contributed by atoms with van der Waals surface area (Å²) in [5.41, 5.74) is 3.33. The summed E-state index contributed by atoms with van der Waals surface area (Å²) in [6, 6.07) is 9.95. The van der Waals surface area contributed by atoms with Gasteiger partial charge in [-0.2, -0.15) is 0 Å². The van der Waals surface area contributed by atoms with Crippen LogP contribution in [0.2, 0.25) is 0 Å². The lowest BCUT2D eigenvalue weighted by Crippen LogP contribution is -2.54. The van der Waals surface area contributed by atoms with Crippen molar-refractivity contribution in [2.75, 3.05) is 23.1 Å². The molecular weight excluding hydrogens is 434 g/mol. The standard InChI is InChI=1S/C26H27N3O5/c1-5-28-20-8-6-16(10-18(20)15(2)13-26(28,3)4)11-19-23(30)27-25(32)29(24(19)31)17-7-9-21-22(12-17)34-14-33-21/h6-12,15H,5,13-14H2,1-4H3,(H,27,30,32)/b19-11-. The van der Waals surface area contributed by atoms with Gasteiger partial charge < -0.3 is 14.4 Å². The van der Waals surface area contributed by atoms with E-state index in [4.69, 9.17) is 9.47 Å². The number of benzene rings is 2. The van der Waals surface area contributed by atoms with Gasteiger partial charge in [0, 0.05) is 23.8 Å². The molecule has 3 aliphatic rings. The van der Waals surface area contributed by atoms with E-state index in [-0.39, 0.29) is 17.9 Å². The molecule has 1 unspecified atom stereocenters. The van der Waals surface area contributed by atoms with Crippen LogP contribution in [-0.2, 0) is 9.59 Å². The van der Waals surface area contributed by atoms with Gasteiger partial charge in [0.15, 0.2) is 11.5 Å². The summed E-state index contributed by atoms with van der Waals surface area (Å²) in [5, 5.41) is 2.27. The van der Waals surface area contributed by atoms with Crippen LogP contribution in [0.15, 0.2) is 42.0 Å². The second kappa shape index (κ2) is 7.90. The van der Waals surface area contributed by atoms with E-state index < -0.39 is 17.8 Å². The number of amides is 4. The van der Waals surface area contributed by atoms with Gasteiger partial charge in [-0.15, -0.1) is 0 Å². The number of hydrogen-bond donors (Lipinski definition) is 1. The highest BCUT2D eigenvalue weighted by molar-refractivity contribution is 6.39. The Balaban J connectivity index is 1.51. The van der Waals surface area contributed by atoms with Crippen LogP contribution in [0.3, 0.4) is 0 Å². The molecule has 3 heterocycles. The fourth-order valence-corrected chi connectivity index (χ4v) is 5.28. The predicted molar refractivity (Wildman–Crippen MR) is 128 cm³/mol. The number of nitrogens with zero attached hydrogens (tertiary/aromatic N) is 2. The Labute approximate surface area is 198 Å². The molecule has 1 fully saturated rings. The highest BCUT2D eigenvalue weighted by Crippen LogP contribution is 2.43. The second-order valence-electron chi connectivity index (χ2n) is 9.48. The fraction of sp³-hybridized carbons (Fsp3) is 0.346. The van der Waals surface area contributed by atoms with Gasteiger partial charge >= 0.3 is 6.03 Å². The van der Waals surface area contributed by atoms with Crippen LogP contribution in [-0.4, -0.2) is 36.7 Å². The van der Waals surface area contributed by atoms with E-state index in [0.717, 1.165) is 23.4 Å². The summed E-state index contributed by atoms with van der Waals surface area (Å²) in [6.07, 6.45) is 2.55. The third kappa shape index (κ3) is 3.50. The predicted octanol–water partition coefficient (Wildman–Crippen LogP) is 4.19. The molecule has 0 aliphatic carbocycles. The maximum atomic E-state index is 13.3. The Morgan fingerprint density at radius 2 is 1.85 bits per heavy atom. The largest absolute Gasteiger partial charge is 0.454 e. The molecule has 1 N–H and O–H groups in total. The van der Waals surface area contributed by atoms with Crippen LogP contribution in [0, 0.1) is 0 Å². The van der Waals surface area contributed by atoms with Gasteiger partial charge in [0.25, 0.3) is 11.8 Å². The van der Waals surface area contributed by atoms with E-state index in [1.54, 1.807) is 24.3 Å². The van der Waals surface area contributed by atoms with Crippen LogP contribution in [0.4, 0.5) is 16.2 Å². The second-order valence-corrected chi connectivity index (χ2v) is 9.48. The lowest BCUT2D eigenvalue weighted by Gasteiger charge is -2.47. The number of hydrogen-bond acceptors (Lipinski definition) is 6. The van der Waals surface area contributed by atoms with Crippen LogP contribution >= 0.6 is 0 Å². The van der Waals surface area contributed by atoms with E-state index in [0.29, 0.717) is 23.1 Å². The van der Waals surface area contributed by atoms with Gasteiger partial charge in [-0.1, -0.05) is 13.0 Å². The first-order chi connectivity index (χ1) is 16.2. The van der Waals surface area contributed by atoms with Crippen molar-refractivity contribution in [3.8, 4) is 11.5 Å². The number of anilines is 2. The molecule has 0 aromatic heterocycles. The van der Waals surface area contributed by atoms with Gasteiger partial charge in [-0.05, 0) is 74.6 Å². The van der Waals surface area contributed by atoms with Crippen LogP contribution in [0.25, 0.3) is 6.08 Å².